The standard InChI is InChI=1S/C19H17N3O5/c1-12(23)13-5-7-15(8-6-13)20-19(25)14-9-18(24)21(11-14)16-3-2-4-17(10-16)22(26)27/h2-8,10,14H,9,11H2,1H3,(H,20,25). The smallest absolute Gasteiger partial charge is 0.271 e. The lowest BCUT2D eigenvalue weighted by Crippen LogP contribution is -2.28. The number of nitrogens with one attached hydrogen (secondary N) is 1. The zero-order valence-electron chi connectivity index (χ0n) is 14.5. The number of rotatable bonds is 5. The van der Waals surface area contributed by atoms with Crippen LogP contribution in [0, 0.1) is 16.0 Å². The van der Waals surface area contributed by atoms with Gasteiger partial charge in [-0.3, -0.25) is 24.5 Å². The molecule has 1 heterocycles. The van der Waals surface area contributed by atoms with E-state index in [1.807, 2.05) is 0 Å². The summed E-state index contributed by atoms with van der Waals surface area (Å²) < 4.78 is 0. The summed E-state index contributed by atoms with van der Waals surface area (Å²) in [5.41, 5.74) is 1.36. The van der Waals surface area contributed by atoms with Crippen molar-refractivity contribution in [2.45, 2.75) is 13.3 Å². The Morgan fingerprint density at radius 1 is 1.19 bits per heavy atom. The molecule has 1 aliphatic heterocycles. The Balaban J connectivity index is 1.69. The van der Waals surface area contributed by atoms with E-state index in [0.29, 0.717) is 16.9 Å². The molecule has 3 rings (SSSR count). The van der Waals surface area contributed by atoms with Crippen LogP contribution >= 0.6 is 0 Å². The van der Waals surface area contributed by atoms with Crippen LogP contribution in [0.5, 0.6) is 0 Å². The van der Waals surface area contributed by atoms with Crippen molar-refractivity contribution in [2.24, 2.45) is 5.92 Å². The molecule has 0 aliphatic carbocycles. The molecule has 1 saturated heterocycles. The van der Waals surface area contributed by atoms with Gasteiger partial charge in [0.2, 0.25) is 11.8 Å². The van der Waals surface area contributed by atoms with E-state index in [1.54, 1.807) is 30.3 Å². The van der Waals surface area contributed by atoms with Crippen molar-refractivity contribution in [3.05, 3.63) is 64.2 Å². The maximum absolute atomic E-state index is 12.5. The first-order valence-electron chi connectivity index (χ1n) is 8.32. The molecule has 1 aliphatic rings. The predicted molar refractivity (Wildman–Crippen MR) is 98.6 cm³/mol. The van der Waals surface area contributed by atoms with Gasteiger partial charge in [0, 0.05) is 36.3 Å². The number of non-ortho nitro benzene ring substituents is 1. The fourth-order valence-electron chi connectivity index (χ4n) is 2.94. The van der Waals surface area contributed by atoms with Crippen LogP contribution in [0.4, 0.5) is 17.1 Å². The highest BCUT2D eigenvalue weighted by atomic mass is 16.6. The van der Waals surface area contributed by atoms with Crippen LogP contribution in [-0.2, 0) is 9.59 Å². The van der Waals surface area contributed by atoms with E-state index in [1.165, 1.54) is 30.0 Å². The number of carbonyl (C=O) groups excluding carboxylic acids is 3. The zero-order chi connectivity index (χ0) is 19.6. The Hall–Kier alpha value is -3.55. The molecule has 0 saturated carbocycles. The monoisotopic (exact) mass is 367 g/mol. The highest BCUT2D eigenvalue weighted by molar-refractivity contribution is 6.03. The van der Waals surface area contributed by atoms with E-state index >= 15 is 0 Å². The molecular formula is C19H17N3O5. The molecule has 1 unspecified atom stereocenters. The summed E-state index contributed by atoms with van der Waals surface area (Å²) in [5, 5.41) is 13.6. The van der Waals surface area contributed by atoms with E-state index in [-0.39, 0.29) is 36.3 Å². The van der Waals surface area contributed by atoms with Crippen molar-refractivity contribution in [2.75, 3.05) is 16.8 Å². The quantitative estimate of drug-likeness (QED) is 0.496. The van der Waals surface area contributed by atoms with Crippen molar-refractivity contribution in [1.29, 1.82) is 0 Å². The predicted octanol–water partition coefficient (Wildman–Crippen LogP) is 2.79. The Labute approximate surface area is 154 Å². The number of nitro groups is 1. The number of anilines is 2. The van der Waals surface area contributed by atoms with Crippen LogP contribution in [0.3, 0.4) is 0 Å². The minimum absolute atomic E-state index is 0.0278. The minimum atomic E-state index is -0.566. The molecule has 1 atom stereocenters. The molecule has 8 nitrogen and oxygen atoms in total. The van der Waals surface area contributed by atoms with Crippen LogP contribution in [0.25, 0.3) is 0 Å². The van der Waals surface area contributed by atoms with Crippen molar-refractivity contribution in [3.63, 3.8) is 0 Å². The highest BCUT2D eigenvalue weighted by Crippen LogP contribution is 2.28. The fourth-order valence-corrected chi connectivity index (χ4v) is 2.94. The summed E-state index contributed by atoms with van der Waals surface area (Å²) in [7, 11) is 0. The van der Waals surface area contributed by atoms with Gasteiger partial charge in [-0.1, -0.05) is 6.07 Å². The highest BCUT2D eigenvalue weighted by Gasteiger charge is 2.35. The Bertz CT molecular complexity index is 923. The maximum Gasteiger partial charge on any atom is 0.271 e. The molecule has 0 bridgehead atoms. The lowest BCUT2D eigenvalue weighted by atomic mass is 10.1. The molecule has 0 spiro atoms. The number of amides is 2. The number of nitrogens with zero attached hydrogens (tertiary/aromatic N) is 2. The minimum Gasteiger partial charge on any atom is -0.326 e. The molecule has 0 radical (unpaired) electrons. The average Bonchev–Trinajstić information content (AvgIpc) is 3.04. The van der Waals surface area contributed by atoms with Gasteiger partial charge in [-0.25, -0.2) is 0 Å². The summed E-state index contributed by atoms with van der Waals surface area (Å²) in [6, 6.07) is 12.3. The molecule has 8 heteroatoms. The molecule has 138 valence electrons. The second kappa shape index (κ2) is 7.36. The molecule has 2 aromatic carbocycles. The van der Waals surface area contributed by atoms with Crippen LogP contribution in [0.15, 0.2) is 48.5 Å². The van der Waals surface area contributed by atoms with Gasteiger partial charge in [-0.15, -0.1) is 0 Å². The summed E-state index contributed by atoms with van der Waals surface area (Å²) in [6.07, 6.45) is 0.0278. The average molecular weight is 367 g/mol. The van der Waals surface area contributed by atoms with E-state index < -0.39 is 10.8 Å². The second-order valence-corrected chi connectivity index (χ2v) is 6.31. The lowest BCUT2D eigenvalue weighted by molar-refractivity contribution is -0.384. The van der Waals surface area contributed by atoms with Gasteiger partial charge in [0.25, 0.3) is 5.69 Å². The van der Waals surface area contributed by atoms with Crippen molar-refractivity contribution < 1.29 is 19.3 Å². The van der Waals surface area contributed by atoms with Crippen LogP contribution in [-0.4, -0.2) is 29.1 Å². The number of hydrogen-bond donors (Lipinski definition) is 1. The molecule has 0 aromatic heterocycles. The van der Waals surface area contributed by atoms with Gasteiger partial charge in [-0.05, 0) is 37.3 Å². The number of carbonyl (C=O) groups is 3. The third-order valence-electron chi connectivity index (χ3n) is 4.41. The van der Waals surface area contributed by atoms with Gasteiger partial charge < -0.3 is 10.2 Å². The Morgan fingerprint density at radius 3 is 2.52 bits per heavy atom. The van der Waals surface area contributed by atoms with Crippen LogP contribution in [0.2, 0.25) is 0 Å². The van der Waals surface area contributed by atoms with Gasteiger partial charge in [0.15, 0.2) is 5.78 Å². The number of benzene rings is 2. The van der Waals surface area contributed by atoms with Gasteiger partial charge in [0.1, 0.15) is 0 Å². The summed E-state index contributed by atoms with van der Waals surface area (Å²) in [6.45, 7) is 1.61. The first-order valence-corrected chi connectivity index (χ1v) is 8.32. The Kier molecular flexibility index (Phi) is 4.98. The van der Waals surface area contributed by atoms with E-state index in [0.717, 1.165) is 0 Å². The third kappa shape index (κ3) is 4.00. The van der Waals surface area contributed by atoms with Crippen molar-refractivity contribution >= 4 is 34.7 Å². The number of nitro benzene ring substituents is 1. The zero-order valence-corrected chi connectivity index (χ0v) is 14.5. The molecule has 1 N–H and O–H groups in total. The maximum atomic E-state index is 12.5. The van der Waals surface area contributed by atoms with E-state index in [4.69, 9.17) is 0 Å². The number of hydrogen-bond acceptors (Lipinski definition) is 5. The largest absolute Gasteiger partial charge is 0.326 e. The van der Waals surface area contributed by atoms with E-state index in [9.17, 15) is 24.5 Å². The van der Waals surface area contributed by atoms with Gasteiger partial charge >= 0.3 is 0 Å². The summed E-state index contributed by atoms with van der Waals surface area (Å²) >= 11 is 0. The molecule has 2 aromatic rings. The van der Waals surface area contributed by atoms with Gasteiger partial charge in [0.05, 0.1) is 16.5 Å². The normalized spacial score (nSPS) is 16.3. The lowest BCUT2D eigenvalue weighted by Gasteiger charge is -2.16. The second-order valence-electron chi connectivity index (χ2n) is 6.31. The first-order chi connectivity index (χ1) is 12.8. The SMILES string of the molecule is CC(=O)c1ccc(NC(=O)C2CC(=O)N(c3cccc([N+](=O)[O-])c3)C2)cc1. The summed E-state index contributed by atoms with van der Waals surface area (Å²) in [4.78, 5) is 47.8. The summed E-state index contributed by atoms with van der Waals surface area (Å²) in [5.74, 6) is -1.21. The van der Waals surface area contributed by atoms with Crippen LogP contribution in [0.1, 0.15) is 23.7 Å². The number of ketones is 1. The fraction of sp³-hybridized carbons (Fsp3) is 0.211. The van der Waals surface area contributed by atoms with Crippen molar-refractivity contribution in [1.82, 2.24) is 0 Å². The molecule has 1 fully saturated rings. The van der Waals surface area contributed by atoms with Gasteiger partial charge in [-0.2, -0.15) is 0 Å². The first kappa shape index (κ1) is 18.2. The van der Waals surface area contributed by atoms with E-state index in [2.05, 4.69) is 5.32 Å². The molecule has 2 amide bonds. The molecule has 27 heavy (non-hydrogen) atoms. The topological polar surface area (TPSA) is 110 Å². The number of Topliss-reactive ketones (excluding diaryl/α,β-unsaturated/α-hetero) is 1. The third-order valence-corrected chi connectivity index (χ3v) is 4.41. The van der Waals surface area contributed by atoms with Crippen molar-refractivity contribution in [3.8, 4) is 0 Å². The Morgan fingerprint density at radius 2 is 1.89 bits per heavy atom. The van der Waals surface area contributed by atoms with Crippen LogP contribution < -0.4 is 10.2 Å². The molecular weight excluding hydrogens is 350 g/mol.